The average Bonchev–Trinajstić information content (AvgIpc) is 3.27. The van der Waals surface area contributed by atoms with Crippen LogP contribution < -0.4 is 16.8 Å². The van der Waals surface area contributed by atoms with Crippen LogP contribution in [-0.2, 0) is 6.54 Å². The first-order chi connectivity index (χ1) is 12.5. The van der Waals surface area contributed by atoms with Crippen molar-refractivity contribution in [3.63, 3.8) is 0 Å². The second kappa shape index (κ2) is 8.01. The van der Waals surface area contributed by atoms with Gasteiger partial charge in [-0.15, -0.1) is 11.3 Å². The zero-order valence-electron chi connectivity index (χ0n) is 14.3. The van der Waals surface area contributed by atoms with Crippen molar-refractivity contribution in [3.05, 3.63) is 62.7 Å². The number of hydrogen-bond acceptors (Lipinski definition) is 5. The third-order valence-corrected chi connectivity index (χ3v) is 5.56. The number of aromatic amines is 1. The molecule has 0 spiro atoms. The number of amides is 1. The Kier molecular flexibility index (Phi) is 5.73. The molecule has 136 valence electrons. The van der Waals surface area contributed by atoms with E-state index < -0.39 is 0 Å². The molecule has 0 saturated carbocycles. The molecule has 1 atom stereocenters. The molecule has 0 aliphatic heterocycles. The molecule has 3 aromatic rings. The Bertz CT molecular complexity index is 903. The van der Waals surface area contributed by atoms with E-state index in [-0.39, 0.29) is 18.5 Å². The molecule has 2 heterocycles. The highest BCUT2D eigenvalue weighted by atomic mass is 35.5. The normalized spacial score (nSPS) is 12.2. The Balaban J connectivity index is 1.75. The summed E-state index contributed by atoms with van der Waals surface area (Å²) in [4.78, 5) is 21.2. The van der Waals surface area contributed by atoms with Crippen LogP contribution in [0.4, 0.5) is 0 Å². The second-order valence-corrected chi connectivity index (χ2v) is 7.37. The largest absolute Gasteiger partial charge is 0.351 e. The summed E-state index contributed by atoms with van der Waals surface area (Å²) < 4.78 is 0. The molecule has 8 heteroatoms. The molecule has 0 bridgehead atoms. The Morgan fingerprint density at radius 1 is 1.27 bits per heavy atom. The molecule has 0 radical (unpaired) electrons. The molecule has 0 aliphatic carbocycles. The van der Waals surface area contributed by atoms with Crippen LogP contribution in [0.25, 0.3) is 11.3 Å². The summed E-state index contributed by atoms with van der Waals surface area (Å²) in [5.41, 5.74) is 14.7. The number of carbonyl (C=O) groups excluding carboxylic acids is 1. The number of rotatable bonds is 6. The number of nitrogens with two attached hydrogens (primary N) is 2. The van der Waals surface area contributed by atoms with Crippen molar-refractivity contribution in [1.29, 1.82) is 0 Å². The van der Waals surface area contributed by atoms with Gasteiger partial charge in [-0.25, -0.2) is 4.98 Å². The summed E-state index contributed by atoms with van der Waals surface area (Å²) in [5.74, 6) is -0.234. The van der Waals surface area contributed by atoms with Crippen LogP contribution in [0, 0.1) is 6.92 Å². The van der Waals surface area contributed by atoms with Crippen molar-refractivity contribution >= 4 is 28.8 Å². The fourth-order valence-electron chi connectivity index (χ4n) is 2.57. The zero-order chi connectivity index (χ0) is 18.7. The minimum absolute atomic E-state index is 0.234. The van der Waals surface area contributed by atoms with Gasteiger partial charge in [0.2, 0.25) is 0 Å². The number of carbonyl (C=O) groups is 1. The van der Waals surface area contributed by atoms with Gasteiger partial charge in [0.1, 0.15) is 10.7 Å². The van der Waals surface area contributed by atoms with E-state index in [2.05, 4.69) is 15.3 Å². The number of H-pyrrole nitrogens is 1. The van der Waals surface area contributed by atoms with Gasteiger partial charge in [-0.1, -0.05) is 23.7 Å². The van der Waals surface area contributed by atoms with Crippen molar-refractivity contribution in [2.45, 2.75) is 19.5 Å². The van der Waals surface area contributed by atoms with Gasteiger partial charge in [-0.3, -0.25) is 4.79 Å². The molecule has 0 aliphatic rings. The number of thiazole rings is 1. The lowest BCUT2D eigenvalue weighted by Gasteiger charge is -2.13. The molecule has 3 rings (SSSR count). The quantitative estimate of drug-likeness (QED) is 0.519. The summed E-state index contributed by atoms with van der Waals surface area (Å²) in [5, 5.41) is 4.36. The third kappa shape index (κ3) is 3.96. The summed E-state index contributed by atoms with van der Waals surface area (Å²) >= 11 is 7.39. The Hall–Kier alpha value is -2.19. The molecular formula is C18H20ClN5OS. The van der Waals surface area contributed by atoms with Crippen LogP contribution in [0.5, 0.6) is 0 Å². The first-order valence-corrected chi connectivity index (χ1v) is 9.33. The van der Waals surface area contributed by atoms with Gasteiger partial charge in [-0.2, -0.15) is 0 Å². The van der Waals surface area contributed by atoms with Crippen molar-refractivity contribution < 1.29 is 4.79 Å². The molecule has 1 amide bonds. The number of hydrogen-bond donors (Lipinski definition) is 4. The predicted molar refractivity (Wildman–Crippen MR) is 105 cm³/mol. The van der Waals surface area contributed by atoms with Crippen molar-refractivity contribution in [1.82, 2.24) is 15.3 Å². The lowest BCUT2D eigenvalue weighted by atomic mass is 10.2. The molecule has 6 nitrogen and oxygen atoms in total. The number of aryl methyl sites for hydroxylation is 1. The van der Waals surface area contributed by atoms with Gasteiger partial charge in [0.05, 0.1) is 11.7 Å². The molecule has 26 heavy (non-hydrogen) atoms. The van der Waals surface area contributed by atoms with E-state index in [0.717, 1.165) is 26.8 Å². The molecule has 0 fully saturated rings. The van der Waals surface area contributed by atoms with Gasteiger partial charge in [0.15, 0.2) is 0 Å². The summed E-state index contributed by atoms with van der Waals surface area (Å²) in [6.07, 6.45) is 0. The van der Waals surface area contributed by atoms with E-state index in [1.807, 2.05) is 37.3 Å². The van der Waals surface area contributed by atoms with Crippen molar-refractivity contribution in [3.8, 4) is 11.3 Å². The molecular weight excluding hydrogens is 370 g/mol. The summed E-state index contributed by atoms with van der Waals surface area (Å²) in [7, 11) is 0. The Labute approximate surface area is 160 Å². The molecule has 1 unspecified atom stereocenters. The van der Waals surface area contributed by atoms with E-state index in [9.17, 15) is 4.79 Å². The van der Waals surface area contributed by atoms with Gasteiger partial charge in [0.25, 0.3) is 5.91 Å². The standard InChI is InChI=1S/C18H20ClN5OS/c1-10-16(9-21)26-18(22-10)15(8-20)24-17(25)14-7-6-13(23-14)11-2-4-12(19)5-3-11/h2-7,15,23H,8-9,20-21H2,1H3,(H,24,25). The number of nitrogens with one attached hydrogen (secondary N) is 2. The lowest BCUT2D eigenvalue weighted by Crippen LogP contribution is -2.33. The monoisotopic (exact) mass is 389 g/mol. The molecule has 1 aromatic carbocycles. The minimum atomic E-state index is -0.353. The SMILES string of the molecule is Cc1nc(C(CN)NC(=O)c2ccc(-c3ccc(Cl)cc3)[nH]2)sc1CN. The number of halogens is 1. The first kappa shape index (κ1) is 18.6. The maximum absolute atomic E-state index is 12.6. The van der Waals surface area contributed by atoms with E-state index in [1.54, 1.807) is 6.07 Å². The fourth-order valence-corrected chi connectivity index (χ4v) is 3.71. The van der Waals surface area contributed by atoms with Gasteiger partial charge in [-0.05, 0) is 36.8 Å². The first-order valence-electron chi connectivity index (χ1n) is 8.14. The molecule has 0 saturated heterocycles. The molecule has 2 aromatic heterocycles. The fraction of sp³-hybridized carbons (Fsp3) is 0.222. The molecule has 6 N–H and O–H groups in total. The maximum atomic E-state index is 12.6. The average molecular weight is 390 g/mol. The number of benzene rings is 1. The van der Waals surface area contributed by atoms with Crippen LogP contribution >= 0.6 is 22.9 Å². The highest BCUT2D eigenvalue weighted by Gasteiger charge is 2.20. The Morgan fingerprint density at radius 2 is 2.00 bits per heavy atom. The van der Waals surface area contributed by atoms with Crippen molar-refractivity contribution in [2.24, 2.45) is 11.5 Å². The highest BCUT2D eigenvalue weighted by molar-refractivity contribution is 7.11. The maximum Gasteiger partial charge on any atom is 0.268 e. The van der Waals surface area contributed by atoms with Crippen LogP contribution in [0.15, 0.2) is 36.4 Å². The predicted octanol–water partition coefficient (Wildman–Crippen LogP) is 2.99. The number of aromatic nitrogens is 2. The van der Waals surface area contributed by atoms with Crippen molar-refractivity contribution in [2.75, 3.05) is 6.54 Å². The smallest absolute Gasteiger partial charge is 0.268 e. The van der Waals surface area contributed by atoms with Crippen LogP contribution in [-0.4, -0.2) is 22.4 Å². The van der Waals surface area contributed by atoms with E-state index in [4.69, 9.17) is 23.1 Å². The van der Waals surface area contributed by atoms with Gasteiger partial charge >= 0.3 is 0 Å². The highest BCUT2D eigenvalue weighted by Crippen LogP contribution is 2.24. The lowest BCUT2D eigenvalue weighted by molar-refractivity contribution is 0.0933. The topological polar surface area (TPSA) is 110 Å². The Morgan fingerprint density at radius 3 is 2.62 bits per heavy atom. The third-order valence-electron chi connectivity index (χ3n) is 4.02. The van der Waals surface area contributed by atoms with E-state index in [0.29, 0.717) is 17.3 Å². The van der Waals surface area contributed by atoms with Gasteiger partial charge in [0, 0.05) is 28.7 Å². The summed E-state index contributed by atoms with van der Waals surface area (Å²) in [6.45, 7) is 2.59. The van der Waals surface area contributed by atoms with E-state index in [1.165, 1.54) is 11.3 Å². The van der Waals surface area contributed by atoms with Gasteiger partial charge < -0.3 is 21.8 Å². The van der Waals surface area contributed by atoms with Crippen LogP contribution in [0.2, 0.25) is 5.02 Å². The van der Waals surface area contributed by atoms with E-state index >= 15 is 0 Å². The summed E-state index contributed by atoms with van der Waals surface area (Å²) in [6, 6.07) is 10.6. The van der Waals surface area contributed by atoms with Crippen LogP contribution in [0.1, 0.15) is 32.1 Å². The minimum Gasteiger partial charge on any atom is -0.351 e. The zero-order valence-corrected chi connectivity index (χ0v) is 15.8. The second-order valence-electron chi connectivity index (χ2n) is 5.82. The van der Waals surface area contributed by atoms with Crippen LogP contribution in [0.3, 0.4) is 0 Å². The number of nitrogens with zero attached hydrogens (tertiary/aromatic N) is 1.